The second-order valence-corrected chi connectivity index (χ2v) is 21.6. The van der Waals surface area contributed by atoms with Crippen molar-refractivity contribution in [3.63, 3.8) is 0 Å². The van der Waals surface area contributed by atoms with E-state index in [0.717, 1.165) is 148 Å². The van der Waals surface area contributed by atoms with Crippen LogP contribution in [0.4, 0.5) is 0 Å². The highest BCUT2D eigenvalue weighted by atomic mass is 16.6. The van der Waals surface area contributed by atoms with Gasteiger partial charge in [-0.15, -0.1) is 0 Å². The number of esters is 3. The summed E-state index contributed by atoms with van der Waals surface area (Å²) in [6.07, 6.45) is 92.7. The van der Waals surface area contributed by atoms with Gasteiger partial charge in [0.1, 0.15) is 13.2 Å². The van der Waals surface area contributed by atoms with Gasteiger partial charge in [0.25, 0.3) is 0 Å². The van der Waals surface area contributed by atoms with Gasteiger partial charge in [-0.1, -0.05) is 296 Å². The molecule has 0 saturated carbocycles. The molecule has 79 heavy (non-hydrogen) atoms. The van der Waals surface area contributed by atoms with E-state index in [-0.39, 0.29) is 31.1 Å². The van der Waals surface area contributed by atoms with Gasteiger partial charge in [-0.05, 0) is 109 Å². The standard InChI is InChI=1S/C73H122O6/c1-4-7-10-13-15-17-19-21-23-25-27-29-30-31-32-33-34-35-36-37-38-39-40-41-42-44-45-47-49-51-53-55-57-60-63-66-72(75)78-69-70(68-77-71(74)65-62-59-12-9-6-3)79-73(76)67-64-61-58-56-54-52-50-48-46-43-28-26-24-22-20-18-16-14-11-8-5-2/h7-8,10-11,15-18,21-24,27-29,31-32,43,48,50,70H,4-6,9,12-14,19-20,25-26,30,33-42,44-47,49,51-69H2,1-3H3/b10-7-,11-8-,17-15-,18-16-,23-21-,24-22-,29-27-,32-31-,43-28-,50-48-. The lowest BCUT2D eigenvalue weighted by Gasteiger charge is -2.18. The summed E-state index contributed by atoms with van der Waals surface area (Å²) in [7, 11) is 0. The molecule has 0 bridgehead atoms. The van der Waals surface area contributed by atoms with Crippen LogP contribution >= 0.6 is 0 Å². The van der Waals surface area contributed by atoms with E-state index in [1.54, 1.807) is 0 Å². The van der Waals surface area contributed by atoms with Crippen molar-refractivity contribution in [3.8, 4) is 0 Å². The second kappa shape index (κ2) is 66.3. The quantitative estimate of drug-likeness (QED) is 0.0261. The summed E-state index contributed by atoms with van der Waals surface area (Å²) >= 11 is 0. The van der Waals surface area contributed by atoms with Gasteiger partial charge < -0.3 is 14.2 Å². The Morgan fingerprint density at radius 2 is 0.494 bits per heavy atom. The van der Waals surface area contributed by atoms with Crippen molar-refractivity contribution in [3.05, 3.63) is 122 Å². The topological polar surface area (TPSA) is 78.9 Å². The van der Waals surface area contributed by atoms with Gasteiger partial charge in [0, 0.05) is 19.3 Å². The van der Waals surface area contributed by atoms with Gasteiger partial charge >= 0.3 is 17.9 Å². The third-order valence-electron chi connectivity index (χ3n) is 14.0. The van der Waals surface area contributed by atoms with E-state index in [1.165, 1.54) is 116 Å². The van der Waals surface area contributed by atoms with Gasteiger partial charge in [0.15, 0.2) is 6.10 Å². The molecule has 0 aliphatic heterocycles. The Labute approximate surface area is 488 Å². The first-order valence-electron chi connectivity index (χ1n) is 33.0. The molecule has 1 atom stereocenters. The molecular weight excluding hydrogens is 973 g/mol. The normalized spacial score (nSPS) is 12.9. The Morgan fingerprint density at radius 3 is 0.772 bits per heavy atom. The zero-order valence-corrected chi connectivity index (χ0v) is 51.6. The van der Waals surface area contributed by atoms with Crippen molar-refractivity contribution < 1.29 is 28.6 Å². The largest absolute Gasteiger partial charge is 0.462 e. The Balaban J connectivity index is 3.98. The predicted octanol–water partition coefficient (Wildman–Crippen LogP) is 22.8. The van der Waals surface area contributed by atoms with E-state index >= 15 is 0 Å². The summed E-state index contributed by atoms with van der Waals surface area (Å²) in [6.45, 7) is 6.33. The highest BCUT2D eigenvalue weighted by Gasteiger charge is 2.19. The van der Waals surface area contributed by atoms with Crippen LogP contribution in [0.15, 0.2) is 122 Å². The number of ether oxygens (including phenoxy) is 3. The minimum absolute atomic E-state index is 0.0849. The fourth-order valence-corrected chi connectivity index (χ4v) is 9.09. The number of hydrogen-bond donors (Lipinski definition) is 0. The number of hydrogen-bond acceptors (Lipinski definition) is 6. The lowest BCUT2D eigenvalue weighted by atomic mass is 10.0. The molecule has 0 aromatic rings. The van der Waals surface area contributed by atoms with E-state index in [1.807, 2.05) is 0 Å². The third-order valence-corrected chi connectivity index (χ3v) is 14.0. The van der Waals surface area contributed by atoms with Crippen LogP contribution in [-0.4, -0.2) is 37.2 Å². The van der Waals surface area contributed by atoms with Gasteiger partial charge in [0.05, 0.1) is 0 Å². The Hall–Kier alpha value is -4.19. The molecule has 0 aromatic heterocycles. The molecule has 0 radical (unpaired) electrons. The number of allylic oxidation sites excluding steroid dienone is 20. The monoisotopic (exact) mass is 1090 g/mol. The van der Waals surface area contributed by atoms with Gasteiger partial charge in [-0.3, -0.25) is 14.4 Å². The molecule has 450 valence electrons. The van der Waals surface area contributed by atoms with E-state index in [0.29, 0.717) is 19.3 Å². The summed E-state index contributed by atoms with van der Waals surface area (Å²) in [4.78, 5) is 37.9. The number of unbranched alkanes of at least 4 members (excludes halogenated alkanes) is 28. The van der Waals surface area contributed by atoms with Crippen LogP contribution < -0.4 is 0 Å². The molecule has 0 rings (SSSR count). The number of rotatable bonds is 59. The predicted molar refractivity (Wildman–Crippen MR) is 343 cm³/mol. The highest BCUT2D eigenvalue weighted by molar-refractivity contribution is 5.71. The van der Waals surface area contributed by atoms with Crippen molar-refractivity contribution in [1.82, 2.24) is 0 Å². The molecule has 0 fully saturated rings. The first-order chi connectivity index (χ1) is 39.0. The molecular formula is C73H122O6. The van der Waals surface area contributed by atoms with E-state index in [4.69, 9.17) is 14.2 Å². The van der Waals surface area contributed by atoms with Crippen molar-refractivity contribution in [1.29, 1.82) is 0 Å². The lowest BCUT2D eigenvalue weighted by Crippen LogP contribution is -2.30. The molecule has 0 aliphatic rings. The van der Waals surface area contributed by atoms with Crippen LogP contribution in [0.2, 0.25) is 0 Å². The van der Waals surface area contributed by atoms with Crippen molar-refractivity contribution in [2.45, 2.75) is 309 Å². The summed E-state index contributed by atoms with van der Waals surface area (Å²) in [6, 6.07) is 0. The molecule has 6 heteroatoms. The molecule has 0 saturated heterocycles. The van der Waals surface area contributed by atoms with Gasteiger partial charge in [-0.25, -0.2) is 0 Å². The fourth-order valence-electron chi connectivity index (χ4n) is 9.09. The molecule has 6 nitrogen and oxygen atoms in total. The first kappa shape index (κ1) is 74.8. The molecule has 0 heterocycles. The molecule has 1 unspecified atom stereocenters. The summed E-state index contributed by atoms with van der Waals surface area (Å²) in [5.74, 6) is -0.912. The average molecular weight is 1100 g/mol. The van der Waals surface area contributed by atoms with Gasteiger partial charge in [0.2, 0.25) is 0 Å². The summed E-state index contributed by atoms with van der Waals surface area (Å²) < 4.78 is 16.8. The van der Waals surface area contributed by atoms with Crippen LogP contribution in [0.5, 0.6) is 0 Å². The SMILES string of the molecule is CC/C=C\C/C=C\C/C=C\C/C=C\C/C=C\CCCCCCCCCCCCCCCCCCCCCC(=O)OCC(COC(=O)CCCCCCC)OC(=O)CCCCCCC/C=C\C/C=C\C/C=C\C/C=C\C/C=C\CC. The van der Waals surface area contributed by atoms with Crippen LogP contribution in [-0.2, 0) is 28.6 Å². The van der Waals surface area contributed by atoms with Crippen LogP contribution in [0.1, 0.15) is 303 Å². The van der Waals surface area contributed by atoms with Crippen molar-refractivity contribution >= 4 is 17.9 Å². The third kappa shape index (κ3) is 64.5. The van der Waals surface area contributed by atoms with Crippen LogP contribution in [0.25, 0.3) is 0 Å². The molecule has 0 N–H and O–H groups in total. The van der Waals surface area contributed by atoms with Crippen LogP contribution in [0, 0.1) is 0 Å². The second-order valence-electron chi connectivity index (χ2n) is 21.6. The average Bonchev–Trinajstić information content (AvgIpc) is 3.45. The van der Waals surface area contributed by atoms with E-state index in [9.17, 15) is 14.4 Å². The number of carbonyl (C=O) groups excluding carboxylic acids is 3. The zero-order valence-electron chi connectivity index (χ0n) is 51.6. The summed E-state index contributed by atoms with van der Waals surface area (Å²) in [5.41, 5.74) is 0. The molecule has 0 aromatic carbocycles. The van der Waals surface area contributed by atoms with E-state index in [2.05, 4.69) is 142 Å². The maximum atomic E-state index is 12.8. The number of carbonyl (C=O) groups is 3. The Morgan fingerprint density at radius 1 is 0.266 bits per heavy atom. The zero-order chi connectivity index (χ0) is 57.1. The molecule has 0 amide bonds. The Bertz CT molecular complexity index is 1640. The Kier molecular flexibility index (Phi) is 62.8. The van der Waals surface area contributed by atoms with Crippen molar-refractivity contribution in [2.75, 3.05) is 13.2 Å². The molecule has 0 spiro atoms. The van der Waals surface area contributed by atoms with E-state index < -0.39 is 6.10 Å². The molecule has 0 aliphatic carbocycles. The minimum Gasteiger partial charge on any atom is -0.462 e. The smallest absolute Gasteiger partial charge is 0.306 e. The van der Waals surface area contributed by atoms with Crippen LogP contribution in [0.3, 0.4) is 0 Å². The minimum atomic E-state index is -0.786. The highest BCUT2D eigenvalue weighted by Crippen LogP contribution is 2.17. The van der Waals surface area contributed by atoms with Gasteiger partial charge in [-0.2, -0.15) is 0 Å². The maximum Gasteiger partial charge on any atom is 0.306 e. The van der Waals surface area contributed by atoms with Crippen molar-refractivity contribution in [2.24, 2.45) is 0 Å². The first-order valence-corrected chi connectivity index (χ1v) is 33.0. The maximum absolute atomic E-state index is 12.8. The lowest BCUT2D eigenvalue weighted by molar-refractivity contribution is -0.167. The summed E-state index contributed by atoms with van der Waals surface area (Å²) in [5, 5.41) is 0. The fraction of sp³-hybridized carbons (Fsp3) is 0.685.